The summed E-state index contributed by atoms with van der Waals surface area (Å²) in [4.78, 5) is 27.2. The average Bonchev–Trinajstić information content (AvgIpc) is 2.61. The Morgan fingerprint density at radius 2 is 1.96 bits per heavy atom. The number of benzene rings is 1. The second-order valence-electron chi connectivity index (χ2n) is 7.11. The molecule has 0 spiro atoms. The normalized spacial score (nSPS) is 21.2. The van der Waals surface area contributed by atoms with E-state index in [1.54, 1.807) is 0 Å². The lowest BCUT2D eigenvalue weighted by atomic mass is 9.91. The minimum atomic E-state index is -0.503. The van der Waals surface area contributed by atoms with E-state index in [1.165, 1.54) is 13.5 Å². The number of nitrogens with zero attached hydrogens (tertiary/aromatic N) is 1. The largest absolute Gasteiger partial charge is 0.466 e. The zero-order chi connectivity index (χ0) is 18.7. The number of likely N-dealkylation sites (tertiary alicyclic amines) is 1. The van der Waals surface area contributed by atoms with Gasteiger partial charge in [-0.05, 0) is 50.9 Å². The van der Waals surface area contributed by atoms with Crippen LogP contribution in [0.25, 0.3) is 0 Å². The molecule has 1 aromatic rings. The van der Waals surface area contributed by atoms with Crippen molar-refractivity contribution in [3.8, 4) is 0 Å². The van der Waals surface area contributed by atoms with Gasteiger partial charge in [0.15, 0.2) is 0 Å². The quantitative estimate of drug-likeness (QED) is 0.813. The minimum absolute atomic E-state index is 0.283. The van der Waals surface area contributed by atoms with Crippen LogP contribution in [-0.4, -0.2) is 43.6 Å². The molecule has 2 N–H and O–H groups in total. The van der Waals surface area contributed by atoms with Crippen molar-refractivity contribution >= 4 is 12.0 Å². The van der Waals surface area contributed by atoms with Crippen molar-refractivity contribution < 1.29 is 14.3 Å². The summed E-state index contributed by atoms with van der Waals surface area (Å²) in [7, 11) is 1.38. The summed E-state index contributed by atoms with van der Waals surface area (Å²) in [5.74, 6) is -0.408. The Balaban J connectivity index is 2.01. The number of hydrogen-bond donors (Lipinski definition) is 2. The Labute approximate surface area is 154 Å². The van der Waals surface area contributed by atoms with Crippen LogP contribution < -0.4 is 10.6 Å². The van der Waals surface area contributed by atoms with Crippen molar-refractivity contribution in [2.24, 2.45) is 0 Å². The highest BCUT2D eigenvalue weighted by Gasteiger charge is 2.34. The van der Waals surface area contributed by atoms with Gasteiger partial charge in [-0.15, -0.1) is 0 Å². The van der Waals surface area contributed by atoms with Crippen LogP contribution in [0.15, 0.2) is 29.5 Å². The molecule has 2 amide bonds. The van der Waals surface area contributed by atoms with Gasteiger partial charge in [-0.1, -0.05) is 30.2 Å². The van der Waals surface area contributed by atoms with Gasteiger partial charge in [-0.25, -0.2) is 9.59 Å². The Kier molecular flexibility index (Phi) is 5.61. The molecule has 0 radical (unpaired) electrons. The summed E-state index contributed by atoms with van der Waals surface area (Å²) in [6.45, 7) is 6.54. The van der Waals surface area contributed by atoms with Crippen LogP contribution in [0.2, 0.25) is 0 Å². The van der Waals surface area contributed by atoms with Crippen molar-refractivity contribution in [3.05, 3.63) is 46.2 Å². The lowest BCUT2D eigenvalue weighted by molar-refractivity contribution is -0.136. The SMILES string of the molecule is COC(=O)C1=C(CN2CCCCC2)NC(=O)N[C@@H]1c1ccc(C)cc1C. The molecule has 1 atom stereocenters. The van der Waals surface area contributed by atoms with Crippen molar-refractivity contribution in [1.29, 1.82) is 0 Å². The second-order valence-corrected chi connectivity index (χ2v) is 7.11. The van der Waals surface area contributed by atoms with E-state index in [9.17, 15) is 9.59 Å². The maximum Gasteiger partial charge on any atom is 0.338 e. The molecule has 0 aromatic heterocycles. The summed E-state index contributed by atoms with van der Waals surface area (Å²) in [6, 6.07) is 5.24. The topological polar surface area (TPSA) is 70.7 Å². The molecule has 26 heavy (non-hydrogen) atoms. The molecule has 2 aliphatic heterocycles. The molecule has 0 bridgehead atoms. The smallest absolute Gasteiger partial charge is 0.338 e. The number of aryl methyl sites for hydroxylation is 2. The van der Waals surface area contributed by atoms with E-state index in [0.29, 0.717) is 17.8 Å². The first kappa shape index (κ1) is 18.5. The average molecular weight is 357 g/mol. The van der Waals surface area contributed by atoms with Crippen LogP contribution >= 0.6 is 0 Å². The molecule has 1 saturated heterocycles. The lowest BCUT2D eigenvalue weighted by Gasteiger charge is -2.33. The van der Waals surface area contributed by atoms with Gasteiger partial charge in [0.2, 0.25) is 0 Å². The number of hydrogen-bond acceptors (Lipinski definition) is 4. The highest BCUT2D eigenvalue weighted by atomic mass is 16.5. The molecule has 2 aliphatic rings. The van der Waals surface area contributed by atoms with E-state index >= 15 is 0 Å². The number of carbonyl (C=O) groups excluding carboxylic acids is 2. The van der Waals surface area contributed by atoms with Crippen LogP contribution in [0.5, 0.6) is 0 Å². The van der Waals surface area contributed by atoms with Crippen LogP contribution in [0.3, 0.4) is 0 Å². The highest BCUT2D eigenvalue weighted by molar-refractivity contribution is 5.95. The Bertz CT molecular complexity index is 736. The van der Waals surface area contributed by atoms with E-state index in [1.807, 2.05) is 26.0 Å². The van der Waals surface area contributed by atoms with Crippen LogP contribution in [0.4, 0.5) is 4.79 Å². The van der Waals surface area contributed by atoms with Gasteiger partial charge in [-0.2, -0.15) is 0 Å². The second kappa shape index (κ2) is 7.91. The molecular weight excluding hydrogens is 330 g/mol. The maximum absolute atomic E-state index is 12.6. The zero-order valence-electron chi connectivity index (χ0n) is 15.7. The molecular formula is C20H27N3O3. The summed E-state index contributed by atoms with van der Waals surface area (Å²) >= 11 is 0. The van der Waals surface area contributed by atoms with Gasteiger partial charge < -0.3 is 15.4 Å². The standard InChI is InChI=1S/C20H27N3O3/c1-13-7-8-15(14(2)11-13)18-17(19(24)26-3)16(21-20(25)22-18)12-23-9-5-4-6-10-23/h7-8,11,18H,4-6,9-10,12H2,1-3H3,(H2,21,22,25)/t18-/m1/s1. The summed E-state index contributed by atoms with van der Waals surface area (Å²) in [5, 5.41) is 5.74. The van der Waals surface area contributed by atoms with Crippen molar-refractivity contribution in [2.45, 2.75) is 39.2 Å². The number of amides is 2. The monoisotopic (exact) mass is 357 g/mol. The van der Waals surface area contributed by atoms with Gasteiger partial charge in [0.1, 0.15) is 0 Å². The summed E-state index contributed by atoms with van der Waals surface area (Å²) < 4.78 is 5.05. The zero-order valence-corrected chi connectivity index (χ0v) is 15.7. The Hall–Kier alpha value is -2.34. The van der Waals surface area contributed by atoms with Gasteiger partial charge in [0.25, 0.3) is 0 Å². The Morgan fingerprint density at radius 3 is 2.62 bits per heavy atom. The predicted molar refractivity (Wildman–Crippen MR) is 99.7 cm³/mol. The number of carbonyl (C=O) groups is 2. The van der Waals surface area contributed by atoms with Crippen LogP contribution in [-0.2, 0) is 9.53 Å². The van der Waals surface area contributed by atoms with Crippen LogP contribution in [0, 0.1) is 13.8 Å². The van der Waals surface area contributed by atoms with E-state index < -0.39 is 12.0 Å². The predicted octanol–water partition coefficient (Wildman–Crippen LogP) is 2.57. The van der Waals surface area contributed by atoms with Gasteiger partial charge >= 0.3 is 12.0 Å². The number of methoxy groups -OCH3 is 1. The van der Waals surface area contributed by atoms with E-state index in [4.69, 9.17) is 4.74 Å². The molecule has 1 aromatic carbocycles. The van der Waals surface area contributed by atoms with Crippen LogP contribution in [0.1, 0.15) is 42.0 Å². The number of nitrogens with one attached hydrogen (secondary N) is 2. The molecule has 6 nitrogen and oxygen atoms in total. The van der Waals surface area contributed by atoms with Gasteiger partial charge in [0, 0.05) is 12.2 Å². The molecule has 1 fully saturated rings. The first-order valence-corrected chi connectivity index (χ1v) is 9.18. The molecule has 0 saturated carbocycles. The number of urea groups is 1. The van der Waals surface area contributed by atoms with Gasteiger partial charge in [0.05, 0.1) is 18.7 Å². The first-order chi connectivity index (χ1) is 12.5. The van der Waals surface area contributed by atoms with E-state index in [2.05, 4.69) is 21.6 Å². The Morgan fingerprint density at radius 1 is 1.23 bits per heavy atom. The minimum Gasteiger partial charge on any atom is -0.466 e. The molecule has 0 unspecified atom stereocenters. The molecule has 0 aliphatic carbocycles. The van der Waals surface area contributed by atoms with Gasteiger partial charge in [-0.3, -0.25) is 4.90 Å². The third-order valence-corrected chi connectivity index (χ3v) is 5.13. The number of esters is 1. The fourth-order valence-electron chi connectivity index (χ4n) is 3.82. The van der Waals surface area contributed by atoms with Crippen molar-refractivity contribution in [1.82, 2.24) is 15.5 Å². The maximum atomic E-state index is 12.6. The molecule has 140 valence electrons. The summed E-state index contributed by atoms with van der Waals surface area (Å²) in [5.41, 5.74) is 4.23. The van der Waals surface area contributed by atoms with E-state index in [0.717, 1.165) is 42.6 Å². The molecule has 2 heterocycles. The van der Waals surface area contributed by atoms with E-state index in [-0.39, 0.29) is 6.03 Å². The lowest BCUT2D eigenvalue weighted by Crippen LogP contribution is -2.49. The number of ether oxygens (including phenoxy) is 1. The highest BCUT2D eigenvalue weighted by Crippen LogP contribution is 2.30. The fourth-order valence-corrected chi connectivity index (χ4v) is 3.82. The van der Waals surface area contributed by atoms with Crippen molar-refractivity contribution in [3.63, 3.8) is 0 Å². The number of piperidine rings is 1. The van der Waals surface area contributed by atoms with Crippen molar-refractivity contribution in [2.75, 3.05) is 26.7 Å². The third kappa shape index (κ3) is 3.90. The first-order valence-electron chi connectivity index (χ1n) is 9.18. The third-order valence-electron chi connectivity index (χ3n) is 5.13. The molecule has 6 heteroatoms. The summed E-state index contributed by atoms with van der Waals surface area (Å²) in [6.07, 6.45) is 3.53. The fraction of sp³-hybridized carbons (Fsp3) is 0.500. The number of rotatable bonds is 4. The molecule has 3 rings (SSSR count).